The molecule has 0 radical (unpaired) electrons. The summed E-state index contributed by atoms with van der Waals surface area (Å²) in [6.45, 7) is 3.78. The number of amides is 2. The Balaban J connectivity index is 1.66. The molecule has 0 saturated carbocycles. The first kappa shape index (κ1) is 19.7. The predicted octanol–water partition coefficient (Wildman–Crippen LogP) is 2.57. The van der Waals surface area contributed by atoms with Crippen molar-refractivity contribution in [2.45, 2.75) is 13.0 Å². The van der Waals surface area contributed by atoms with Crippen molar-refractivity contribution in [3.05, 3.63) is 54.1 Å². The fourth-order valence-corrected chi connectivity index (χ4v) is 2.86. The third-order valence-electron chi connectivity index (χ3n) is 4.46. The van der Waals surface area contributed by atoms with Crippen molar-refractivity contribution in [1.82, 2.24) is 4.90 Å². The quantitative estimate of drug-likeness (QED) is 0.828. The Bertz CT molecular complexity index is 816. The van der Waals surface area contributed by atoms with Crippen LogP contribution >= 0.6 is 0 Å². The summed E-state index contributed by atoms with van der Waals surface area (Å²) in [5.41, 5.74) is 0.920. The van der Waals surface area contributed by atoms with Gasteiger partial charge in [-0.15, -0.1) is 0 Å². The van der Waals surface area contributed by atoms with E-state index in [1.807, 2.05) is 0 Å². The highest BCUT2D eigenvalue weighted by Crippen LogP contribution is 2.21. The second-order valence-corrected chi connectivity index (χ2v) is 6.38. The molecule has 0 bridgehead atoms. The van der Waals surface area contributed by atoms with Gasteiger partial charge in [0.15, 0.2) is 6.10 Å². The lowest BCUT2D eigenvalue weighted by molar-refractivity contribution is -0.122. The highest BCUT2D eigenvalue weighted by atomic mass is 16.5. The number of hydrogen-bond donors (Lipinski definition) is 1. The number of methoxy groups -OCH3 is 1. The smallest absolute Gasteiger partial charge is 0.265 e. The van der Waals surface area contributed by atoms with Crippen LogP contribution < -0.4 is 14.8 Å². The number of carbonyl (C=O) groups excluding carboxylic acids is 2. The molecule has 0 aliphatic carbocycles. The van der Waals surface area contributed by atoms with Gasteiger partial charge in [-0.2, -0.15) is 0 Å². The van der Waals surface area contributed by atoms with Crippen LogP contribution in [0.5, 0.6) is 11.5 Å². The van der Waals surface area contributed by atoms with Gasteiger partial charge in [0, 0.05) is 13.1 Å². The van der Waals surface area contributed by atoms with Gasteiger partial charge in [-0.3, -0.25) is 9.59 Å². The van der Waals surface area contributed by atoms with Crippen molar-refractivity contribution in [3.63, 3.8) is 0 Å². The number of morpholine rings is 1. The van der Waals surface area contributed by atoms with Crippen molar-refractivity contribution in [2.75, 3.05) is 38.7 Å². The van der Waals surface area contributed by atoms with E-state index in [1.54, 1.807) is 67.5 Å². The summed E-state index contributed by atoms with van der Waals surface area (Å²) in [4.78, 5) is 27.1. The van der Waals surface area contributed by atoms with E-state index in [4.69, 9.17) is 14.2 Å². The molecule has 1 aliphatic rings. The van der Waals surface area contributed by atoms with Crippen molar-refractivity contribution in [3.8, 4) is 11.5 Å². The van der Waals surface area contributed by atoms with Crippen molar-refractivity contribution in [1.29, 1.82) is 0 Å². The van der Waals surface area contributed by atoms with Gasteiger partial charge >= 0.3 is 0 Å². The highest BCUT2D eigenvalue weighted by Gasteiger charge is 2.23. The number of hydrogen-bond acceptors (Lipinski definition) is 5. The Labute approximate surface area is 164 Å². The van der Waals surface area contributed by atoms with E-state index in [1.165, 1.54) is 0 Å². The number of nitrogens with one attached hydrogen (secondary N) is 1. The van der Waals surface area contributed by atoms with Gasteiger partial charge in [0.1, 0.15) is 11.5 Å². The Morgan fingerprint density at radius 1 is 1.04 bits per heavy atom. The van der Waals surface area contributed by atoms with Gasteiger partial charge in [-0.25, -0.2) is 0 Å². The first-order valence-corrected chi connectivity index (χ1v) is 9.16. The predicted molar refractivity (Wildman–Crippen MR) is 105 cm³/mol. The first-order valence-electron chi connectivity index (χ1n) is 9.16. The molecule has 1 heterocycles. The normalized spacial score (nSPS) is 14.9. The number of carbonyl (C=O) groups is 2. The lowest BCUT2D eigenvalue weighted by Gasteiger charge is -2.27. The molecule has 1 atom stereocenters. The third-order valence-corrected chi connectivity index (χ3v) is 4.46. The Kier molecular flexibility index (Phi) is 6.49. The Hall–Kier alpha value is -3.06. The van der Waals surface area contributed by atoms with E-state index in [0.29, 0.717) is 49.1 Å². The molecule has 2 aromatic rings. The zero-order valence-corrected chi connectivity index (χ0v) is 16.0. The SMILES string of the molecule is COc1ccc(O[C@@H](C)C(=O)Nc2ccccc2C(=O)N2CCOCC2)cc1. The number of rotatable bonds is 6. The molecule has 2 amide bonds. The summed E-state index contributed by atoms with van der Waals surface area (Å²) in [5, 5.41) is 2.81. The van der Waals surface area contributed by atoms with Gasteiger partial charge < -0.3 is 24.4 Å². The summed E-state index contributed by atoms with van der Waals surface area (Å²) in [6.07, 6.45) is -0.736. The lowest BCUT2D eigenvalue weighted by Crippen LogP contribution is -2.41. The van der Waals surface area contributed by atoms with E-state index in [0.717, 1.165) is 0 Å². The fraction of sp³-hybridized carbons (Fsp3) is 0.333. The second kappa shape index (κ2) is 9.23. The number of anilines is 1. The van der Waals surface area contributed by atoms with Crippen molar-refractivity contribution >= 4 is 17.5 Å². The van der Waals surface area contributed by atoms with E-state index in [-0.39, 0.29) is 11.8 Å². The van der Waals surface area contributed by atoms with Crippen LogP contribution in [0.1, 0.15) is 17.3 Å². The molecular weight excluding hydrogens is 360 g/mol. The molecule has 2 aromatic carbocycles. The molecule has 0 spiro atoms. The molecule has 1 N–H and O–H groups in total. The molecule has 28 heavy (non-hydrogen) atoms. The fourth-order valence-electron chi connectivity index (χ4n) is 2.86. The molecule has 1 aliphatic heterocycles. The molecule has 0 unspecified atom stereocenters. The minimum Gasteiger partial charge on any atom is -0.497 e. The Morgan fingerprint density at radius 3 is 2.36 bits per heavy atom. The molecule has 1 fully saturated rings. The van der Waals surface area contributed by atoms with Gasteiger partial charge in [-0.1, -0.05) is 12.1 Å². The molecule has 3 rings (SSSR count). The number of para-hydroxylation sites is 1. The van der Waals surface area contributed by atoms with Crippen LogP contribution in [0.3, 0.4) is 0 Å². The topological polar surface area (TPSA) is 77.1 Å². The maximum Gasteiger partial charge on any atom is 0.265 e. The summed E-state index contributed by atoms with van der Waals surface area (Å²) in [5.74, 6) is 0.808. The summed E-state index contributed by atoms with van der Waals surface area (Å²) in [6, 6.07) is 14.0. The van der Waals surface area contributed by atoms with E-state index >= 15 is 0 Å². The minimum atomic E-state index is -0.736. The van der Waals surface area contributed by atoms with Gasteiger partial charge in [0.2, 0.25) is 0 Å². The number of ether oxygens (including phenoxy) is 3. The zero-order chi connectivity index (χ0) is 19.9. The second-order valence-electron chi connectivity index (χ2n) is 6.38. The zero-order valence-electron chi connectivity index (χ0n) is 16.0. The van der Waals surface area contributed by atoms with E-state index < -0.39 is 6.10 Å². The highest BCUT2D eigenvalue weighted by molar-refractivity contribution is 6.04. The minimum absolute atomic E-state index is 0.122. The van der Waals surface area contributed by atoms with Crippen LogP contribution in [0.2, 0.25) is 0 Å². The molecule has 0 aromatic heterocycles. The molecular formula is C21H24N2O5. The maximum atomic E-state index is 12.8. The van der Waals surface area contributed by atoms with E-state index in [2.05, 4.69) is 5.32 Å². The third kappa shape index (κ3) is 4.80. The van der Waals surface area contributed by atoms with Crippen LogP contribution in [0.15, 0.2) is 48.5 Å². The molecule has 7 nitrogen and oxygen atoms in total. The van der Waals surface area contributed by atoms with Gasteiger partial charge in [0.05, 0.1) is 31.6 Å². The monoisotopic (exact) mass is 384 g/mol. The molecule has 7 heteroatoms. The molecule has 1 saturated heterocycles. The van der Waals surface area contributed by atoms with Crippen molar-refractivity contribution < 1.29 is 23.8 Å². The van der Waals surface area contributed by atoms with Crippen LogP contribution in [-0.2, 0) is 9.53 Å². The summed E-state index contributed by atoms with van der Waals surface area (Å²) < 4.78 is 16.1. The van der Waals surface area contributed by atoms with Crippen molar-refractivity contribution in [2.24, 2.45) is 0 Å². The van der Waals surface area contributed by atoms with Crippen LogP contribution in [-0.4, -0.2) is 56.2 Å². The molecule has 148 valence electrons. The first-order chi connectivity index (χ1) is 13.6. The maximum absolute atomic E-state index is 12.8. The largest absolute Gasteiger partial charge is 0.497 e. The average Bonchev–Trinajstić information content (AvgIpc) is 2.74. The van der Waals surface area contributed by atoms with Crippen LogP contribution in [0.25, 0.3) is 0 Å². The standard InChI is InChI=1S/C21H24N2O5/c1-15(28-17-9-7-16(26-2)8-10-17)20(24)22-19-6-4-3-5-18(19)21(25)23-11-13-27-14-12-23/h3-10,15H,11-14H2,1-2H3,(H,22,24)/t15-/m0/s1. The van der Waals surface area contributed by atoms with E-state index in [9.17, 15) is 9.59 Å². The lowest BCUT2D eigenvalue weighted by atomic mass is 10.1. The van der Waals surface area contributed by atoms with Crippen LogP contribution in [0, 0.1) is 0 Å². The number of nitrogens with zero attached hydrogens (tertiary/aromatic N) is 1. The average molecular weight is 384 g/mol. The summed E-state index contributed by atoms with van der Waals surface area (Å²) >= 11 is 0. The summed E-state index contributed by atoms with van der Waals surface area (Å²) in [7, 11) is 1.58. The van der Waals surface area contributed by atoms with Crippen LogP contribution in [0.4, 0.5) is 5.69 Å². The van der Waals surface area contributed by atoms with Gasteiger partial charge in [-0.05, 0) is 43.3 Å². The Morgan fingerprint density at radius 2 is 1.68 bits per heavy atom. The van der Waals surface area contributed by atoms with Gasteiger partial charge in [0.25, 0.3) is 11.8 Å². The number of benzene rings is 2.